The van der Waals surface area contributed by atoms with Crippen molar-refractivity contribution in [3.05, 3.63) is 47.2 Å². The van der Waals surface area contributed by atoms with Gasteiger partial charge in [0.1, 0.15) is 0 Å². The molecule has 6 heteroatoms. The molecule has 1 heterocycles. The van der Waals surface area contributed by atoms with Crippen LogP contribution >= 0.6 is 12.4 Å². The molecule has 0 fully saturated rings. The number of halogens is 3. The van der Waals surface area contributed by atoms with E-state index in [2.05, 4.69) is 10.4 Å². The van der Waals surface area contributed by atoms with Crippen molar-refractivity contribution in [2.24, 2.45) is 0 Å². The molecule has 0 aliphatic rings. The van der Waals surface area contributed by atoms with E-state index in [0.717, 1.165) is 11.6 Å². The minimum atomic E-state index is -0.830. The number of nitrogens with one attached hydrogen (secondary N) is 1. The highest BCUT2D eigenvalue weighted by Crippen LogP contribution is 2.17. The second kappa shape index (κ2) is 6.70. The fraction of sp³-hybridized carbons (Fsp3) is 0.357. The van der Waals surface area contributed by atoms with E-state index in [9.17, 15) is 8.78 Å². The molecule has 0 saturated heterocycles. The summed E-state index contributed by atoms with van der Waals surface area (Å²) in [5, 5.41) is 7.40. The zero-order valence-electron chi connectivity index (χ0n) is 11.7. The maximum absolute atomic E-state index is 13.5. The van der Waals surface area contributed by atoms with Crippen molar-refractivity contribution in [3.8, 4) is 0 Å². The number of aromatic nitrogens is 2. The number of rotatable bonds is 4. The number of hydrogen-bond donors (Lipinski definition) is 1. The van der Waals surface area contributed by atoms with Crippen molar-refractivity contribution in [2.45, 2.75) is 33.4 Å². The summed E-state index contributed by atoms with van der Waals surface area (Å²) in [6.07, 6.45) is 1.93. The Labute approximate surface area is 123 Å². The van der Waals surface area contributed by atoms with Crippen LogP contribution in [0, 0.1) is 18.6 Å². The molecule has 1 aromatic heterocycles. The largest absolute Gasteiger partial charge is 0.364 e. The van der Waals surface area contributed by atoms with E-state index >= 15 is 0 Å². The Balaban J connectivity index is 0.00000200. The van der Waals surface area contributed by atoms with E-state index < -0.39 is 11.6 Å². The Morgan fingerprint density at radius 2 is 2.00 bits per heavy atom. The van der Waals surface area contributed by atoms with Gasteiger partial charge in [-0.3, -0.25) is 4.68 Å². The SMILES string of the molecule is Cc1cn(C(C)C)nc1NCc1cccc(F)c1F.Cl. The zero-order chi connectivity index (χ0) is 14.0. The third kappa shape index (κ3) is 3.48. The van der Waals surface area contributed by atoms with Crippen molar-refractivity contribution < 1.29 is 8.78 Å². The molecule has 0 spiro atoms. The van der Waals surface area contributed by atoms with Crippen LogP contribution in [0.4, 0.5) is 14.6 Å². The molecular formula is C14H18ClF2N3. The predicted octanol–water partition coefficient (Wildman–Crippen LogP) is 4.08. The molecule has 0 aliphatic carbocycles. The van der Waals surface area contributed by atoms with Gasteiger partial charge in [-0.2, -0.15) is 5.10 Å². The molecule has 0 saturated carbocycles. The van der Waals surface area contributed by atoms with Gasteiger partial charge in [-0.05, 0) is 26.8 Å². The number of aryl methyl sites for hydroxylation is 1. The van der Waals surface area contributed by atoms with Gasteiger partial charge in [0.05, 0.1) is 0 Å². The normalized spacial score (nSPS) is 10.5. The van der Waals surface area contributed by atoms with E-state index in [1.165, 1.54) is 6.07 Å². The summed E-state index contributed by atoms with van der Waals surface area (Å²) >= 11 is 0. The predicted molar refractivity (Wildman–Crippen MR) is 78.3 cm³/mol. The first-order valence-electron chi connectivity index (χ1n) is 6.21. The van der Waals surface area contributed by atoms with Gasteiger partial charge in [-0.25, -0.2) is 8.78 Å². The summed E-state index contributed by atoms with van der Waals surface area (Å²) in [5.74, 6) is -0.947. The molecule has 110 valence electrons. The lowest BCUT2D eigenvalue weighted by Crippen LogP contribution is -2.06. The number of benzene rings is 1. The third-order valence-corrected chi connectivity index (χ3v) is 2.92. The molecule has 0 aliphatic heterocycles. The smallest absolute Gasteiger partial charge is 0.163 e. The van der Waals surface area contributed by atoms with Gasteiger partial charge in [-0.15, -0.1) is 12.4 Å². The van der Waals surface area contributed by atoms with Crippen LogP contribution < -0.4 is 5.32 Å². The Bertz CT molecular complexity index is 582. The Morgan fingerprint density at radius 1 is 1.30 bits per heavy atom. The van der Waals surface area contributed by atoms with Crippen LogP contribution in [0.15, 0.2) is 24.4 Å². The van der Waals surface area contributed by atoms with Crippen LogP contribution in [0.1, 0.15) is 31.0 Å². The Morgan fingerprint density at radius 3 is 2.60 bits per heavy atom. The number of nitrogens with zero attached hydrogens (tertiary/aromatic N) is 2. The molecular weight excluding hydrogens is 284 g/mol. The molecule has 0 bridgehead atoms. The van der Waals surface area contributed by atoms with Gasteiger partial charge < -0.3 is 5.32 Å². The minimum absolute atomic E-state index is 0. The lowest BCUT2D eigenvalue weighted by atomic mass is 10.2. The molecule has 1 aromatic carbocycles. The molecule has 2 aromatic rings. The highest BCUT2D eigenvalue weighted by molar-refractivity contribution is 5.85. The van der Waals surface area contributed by atoms with Crippen molar-refractivity contribution in [1.29, 1.82) is 0 Å². The van der Waals surface area contributed by atoms with Crippen LogP contribution in [0.5, 0.6) is 0 Å². The van der Waals surface area contributed by atoms with Crippen molar-refractivity contribution in [1.82, 2.24) is 9.78 Å². The molecule has 2 rings (SSSR count). The molecule has 1 N–H and O–H groups in total. The average molecular weight is 302 g/mol. The van der Waals surface area contributed by atoms with Crippen LogP contribution in [0.3, 0.4) is 0 Å². The quantitative estimate of drug-likeness (QED) is 0.922. The first-order valence-corrected chi connectivity index (χ1v) is 6.21. The fourth-order valence-electron chi connectivity index (χ4n) is 1.79. The second-order valence-corrected chi connectivity index (χ2v) is 4.80. The van der Waals surface area contributed by atoms with Crippen molar-refractivity contribution >= 4 is 18.2 Å². The van der Waals surface area contributed by atoms with Gasteiger partial charge in [0.15, 0.2) is 17.5 Å². The fourth-order valence-corrected chi connectivity index (χ4v) is 1.79. The lowest BCUT2D eigenvalue weighted by molar-refractivity contribution is 0.500. The summed E-state index contributed by atoms with van der Waals surface area (Å²) in [6, 6.07) is 4.42. The maximum atomic E-state index is 13.5. The second-order valence-electron chi connectivity index (χ2n) is 4.80. The topological polar surface area (TPSA) is 29.9 Å². The zero-order valence-corrected chi connectivity index (χ0v) is 12.5. The number of anilines is 1. The van der Waals surface area contributed by atoms with Gasteiger partial charge in [0.25, 0.3) is 0 Å². The summed E-state index contributed by atoms with van der Waals surface area (Å²) in [6.45, 7) is 6.20. The van der Waals surface area contributed by atoms with Crippen LogP contribution in [-0.4, -0.2) is 9.78 Å². The molecule has 0 unspecified atom stereocenters. The summed E-state index contributed by atoms with van der Waals surface area (Å²) in [7, 11) is 0. The monoisotopic (exact) mass is 301 g/mol. The molecule has 0 amide bonds. The Kier molecular flexibility index (Phi) is 5.51. The van der Waals surface area contributed by atoms with E-state index in [4.69, 9.17) is 0 Å². The molecule has 0 atom stereocenters. The minimum Gasteiger partial charge on any atom is -0.364 e. The van der Waals surface area contributed by atoms with Gasteiger partial charge >= 0.3 is 0 Å². The van der Waals surface area contributed by atoms with Gasteiger partial charge in [-0.1, -0.05) is 12.1 Å². The number of hydrogen-bond acceptors (Lipinski definition) is 2. The van der Waals surface area contributed by atoms with Gasteiger partial charge in [0.2, 0.25) is 0 Å². The highest BCUT2D eigenvalue weighted by Gasteiger charge is 2.10. The third-order valence-electron chi connectivity index (χ3n) is 2.92. The summed E-state index contributed by atoms with van der Waals surface area (Å²) in [5.41, 5.74) is 1.27. The van der Waals surface area contributed by atoms with Crippen LogP contribution in [-0.2, 0) is 6.54 Å². The Hall–Kier alpha value is -1.62. The first-order chi connectivity index (χ1) is 8.99. The van der Waals surface area contributed by atoms with Crippen molar-refractivity contribution in [2.75, 3.05) is 5.32 Å². The van der Waals surface area contributed by atoms with E-state index in [0.29, 0.717) is 11.4 Å². The standard InChI is InChI=1S/C14H17F2N3.ClH/c1-9(2)19-8-10(3)14(18-19)17-7-11-5-4-6-12(15)13(11)16;/h4-6,8-9H,7H2,1-3H3,(H,17,18);1H. The highest BCUT2D eigenvalue weighted by atomic mass is 35.5. The van der Waals surface area contributed by atoms with Crippen LogP contribution in [0.2, 0.25) is 0 Å². The van der Waals surface area contributed by atoms with Crippen LogP contribution in [0.25, 0.3) is 0 Å². The van der Waals surface area contributed by atoms with E-state index in [-0.39, 0.29) is 25.0 Å². The molecule has 20 heavy (non-hydrogen) atoms. The first kappa shape index (κ1) is 16.4. The molecule has 3 nitrogen and oxygen atoms in total. The molecule has 0 radical (unpaired) electrons. The lowest BCUT2D eigenvalue weighted by Gasteiger charge is -2.07. The average Bonchev–Trinajstić information content (AvgIpc) is 2.73. The van der Waals surface area contributed by atoms with E-state index in [1.807, 2.05) is 31.6 Å². The van der Waals surface area contributed by atoms with Gasteiger partial charge in [0, 0.05) is 29.9 Å². The summed E-state index contributed by atoms with van der Waals surface area (Å²) < 4.78 is 28.4. The van der Waals surface area contributed by atoms with Crippen molar-refractivity contribution in [3.63, 3.8) is 0 Å². The maximum Gasteiger partial charge on any atom is 0.163 e. The van der Waals surface area contributed by atoms with E-state index in [1.54, 1.807) is 6.07 Å². The summed E-state index contributed by atoms with van der Waals surface area (Å²) in [4.78, 5) is 0.